The van der Waals surface area contributed by atoms with Crippen LogP contribution in [0.25, 0.3) is 0 Å². The van der Waals surface area contributed by atoms with Crippen LogP contribution in [0, 0.1) is 11.3 Å². The van der Waals surface area contributed by atoms with Gasteiger partial charge >= 0.3 is 12.0 Å². The van der Waals surface area contributed by atoms with Crippen LogP contribution < -0.4 is 10.6 Å². The first kappa shape index (κ1) is 17.0. The number of nitrogens with one attached hydrogen (secondary N) is 2. The molecule has 0 bridgehead atoms. The van der Waals surface area contributed by atoms with Crippen molar-refractivity contribution in [3.63, 3.8) is 0 Å². The zero-order valence-electron chi connectivity index (χ0n) is 13.2. The second kappa shape index (κ2) is 8.34. The van der Waals surface area contributed by atoms with Gasteiger partial charge in [0.2, 0.25) is 0 Å². The van der Waals surface area contributed by atoms with E-state index in [-0.39, 0.29) is 6.42 Å². The number of esters is 1. The number of carbonyl (C=O) groups is 2. The number of hydrogen-bond acceptors (Lipinski definition) is 4. The molecule has 2 amide bonds. The second-order valence-electron chi connectivity index (χ2n) is 5.00. The molecule has 1 atom stereocenters. The highest BCUT2D eigenvalue weighted by Gasteiger charge is 2.19. The third kappa shape index (κ3) is 4.58. The Bertz CT molecular complexity index is 754. The normalized spacial score (nSPS) is 11.0. The molecule has 2 aromatic rings. The number of amides is 2. The van der Waals surface area contributed by atoms with Crippen molar-refractivity contribution in [2.24, 2.45) is 0 Å². The number of urea groups is 1. The van der Waals surface area contributed by atoms with Crippen molar-refractivity contribution in [3.05, 3.63) is 65.7 Å². The van der Waals surface area contributed by atoms with Gasteiger partial charge in [0.25, 0.3) is 0 Å². The van der Waals surface area contributed by atoms with E-state index in [4.69, 9.17) is 5.26 Å². The molecule has 1 unspecified atom stereocenters. The Morgan fingerprint density at radius 3 is 2.46 bits per heavy atom. The molecule has 0 spiro atoms. The van der Waals surface area contributed by atoms with Gasteiger partial charge < -0.3 is 15.4 Å². The van der Waals surface area contributed by atoms with Crippen LogP contribution in [0.2, 0.25) is 0 Å². The van der Waals surface area contributed by atoms with Gasteiger partial charge in [-0.15, -0.1) is 0 Å². The Morgan fingerprint density at radius 2 is 1.79 bits per heavy atom. The number of methoxy groups -OCH3 is 1. The summed E-state index contributed by atoms with van der Waals surface area (Å²) < 4.78 is 4.68. The van der Waals surface area contributed by atoms with Crippen LogP contribution in [-0.2, 0) is 9.53 Å². The number of rotatable bonds is 5. The van der Waals surface area contributed by atoms with E-state index in [1.807, 2.05) is 36.4 Å². The molecule has 2 rings (SSSR count). The van der Waals surface area contributed by atoms with Crippen LogP contribution in [-0.4, -0.2) is 19.1 Å². The van der Waals surface area contributed by atoms with E-state index in [0.717, 1.165) is 5.56 Å². The molecule has 0 aliphatic carbocycles. The molecular weight excluding hydrogens is 306 g/mol. The maximum Gasteiger partial charge on any atom is 0.319 e. The first-order chi connectivity index (χ1) is 11.6. The zero-order chi connectivity index (χ0) is 17.4. The highest BCUT2D eigenvalue weighted by molar-refractivity contribution is 5.91. The van der Waals surface area contributed by atoms with Gasteiger partial charge in [-0.25, -0.2) is 4.79 Å². The number of hydrogen-bond donors (Lipinski definition) is 2. The highest BCUT2D eigenvalue weighted by atomic mass is 16.5. The highest BCUT2D eigenvalue weighted by Crippen LogP contribution is 2.18. The number of para-hydroxylation sites is 1. The van der Waals surface area contributed by atoms with Gasteiger partial charge in [-0.05, 0) is 17.7 Å². The number of nitriles is 1. The first-order valence-electron chi connectivity index (χ1n) is 7.32. The van der Waals surface area contributed by atoms with Crippen LogP contribution in [0.5, 0.6) is 0 Å². The predicted octanol–water partition coefficient (Wildman–Crippen LogP) is 2.98. The standard InChI is InChI=1S/C18H17N3O3/c1-24-17(22)11-16(13-7-3-2-4-8-13)21-18(23)20-15-10-6-5-9-14(15)12-19/h2-10,16H,11H2,1H3,(H2,20,21,23). The third-order valence-electron chi connectivity index (χ3n) is 3.40. The first-order valence-corrected chi connectivity index (χ1v) is 7.32. The van der Waals surface area contributed by atoms with Crippen molar-refractivity contribution >= 4 is 17.7 Å². The molecule has 0 aromatic heterocycles. The number of nitrogens with zero attached hydrogens (tertiary/aromatic N) is 1. The van der Waals surface area contributed by atoms with Crippen molar-refractivity contribution in [1.29, 1.82) is 5.26 Å². The molecule has 0 saturated carbocycles. The topological polar surface area (TPSA) is 91.2 Å². The fourth-order valence-corrected chi connectivity index (χ4v) is 2.19. The van der Waals surface area contributed by atoms with Gasteiger partial charge in [0.15, 0.2) is 0 Å². The third-order valence-corrected chi connectivity index (χ3v) is 3.40. The number of benzene rings is 2. The minimum absolute atomic E-state index is 0.00777. The minimum Gasteiger partial charge on any atom is -0.469 e. The van der Waals surface area contributed by atoms with Crippen LogP contribution in [0.1, 0.15) is 23.6 Å². The fraction of sp³-hybridized carbons (Fsp3) is 0.167. The average molecular weight is 323 g/mol. The van der Waals surface area contributed by atoms with Gasteiger partial charge in [0, 0.05) is 0 Å². The van der Waals surface area contributed by atoms with E-state index in [2.05, 4.69) is 15.4 Å². The monoisotopic (exact) mass is 323 g/mol. The summed E-state index contributed by atoms with van der Waals surface area (Å²) in [5, 5.41) is 14.4. The molecule has 0 aliphatic rings. The summed E-state index contributed by atoms with van der Waals surface area (Å²) in [5.41, 5.74) is 1.55. The van der Waals surface area contributed by atoms with Gasteiger partial charge in [-0.2, -0.15) is 5.26 Å². The molecular formula is C18H17N3O3. The van der Waals surface area contributed by atoms with E-state index in [9.17, 15) is 9.59 Å². The minimum atomic E-state index is -0.534. The molecule has 24 heavy (non-hydrogen) atoms. The van der Waals surface area contributed by atoms with Crippen molar-refractivity contribution in [2.75, 3.05) is 12.4 Å². The molecule has 6 heteroatoms. The summed E-state index contributed by atoms with van der Waals surface area (Å²) in [7, 11) is 1.30. The number of anilines is 1. The predicted molar refractivity (Wildman–Crippen MR) is 89.1 cm³/mol. The molecule has 0 heterocycles. The lowest BCUT2D eigenvalue weighted by Gasteiger charge is -2.19. The Morgan fingerprint density at radius 1 is 1.12 bits per heavy atom. The Hall–Kier alpha value is -3.33. The van der Waals surface area contributed by atoms with Gasteiger partial charge in [-0.3, -0.25) is 4.79 Å². The maximum absolute atomic E-state index is 12.3. The molecule has 2 N–H and O–H groups in total. The summed E-state index contributed by atoms with van der Waals surface area (Å²) in [4.78, 5) is 23.8. The SMILES string of the molecule is COC(=O)CC(NC(=O)Nc1ccccc1C#N)c1ccccc1. The van der Waals surface area contributed by atoms with Crippen molar-refractivity contribution < 1.29 is 14.3 Å². The van der Waals surface area contributed by atoms with Gasteiger partial charge in [0.1, 0.15) is 6.07 Å². The maximum atomic E-state index is 12.3. The van der Waals surface area contributed by atoms with Gasteiger partial charge in [0.05, 0.1) is 30.8 Å². The van der Waals surface area contributed by atoms with E-state index in [0.29, 0.717) is 11.3 Å². The van der Waals surface area contributed by atoms with Crippen LogP contribution in [0.3, 0.4) is 0 Å². The lowest BCUT2D eigenvalue weighted by molar-refractivity contribution is -0.141. The molecule has 0 aliphatic heterocycles. The largest absolute Gasteiger partial charge is 0.469 e. The average Bonchev–Trinajstić information content (AvgIpc) is 2.62. The molecule has 0 radical (unpaired) electrons. The van der Waals surface area contributed by atoms with Crippen molar-refractivity contribution in [3.8, 4) is 6.07 Å². The van der Waals surface area contributed by atoms with E-state index in [1.54, 1.807) is 24.3 Å². The molecule has 6 nitrogen and oxygen atoms in total. The molecule has 0 fully saturated rings. The second-order valence-corrected chi connectivity index (χ2v) is 5.00. The summed E-state index contributed by atoms with van der Waals surface area (Å²) >= 11 is 0. The van der Waals surface area contributed by atoms with Gasteiger partial charge in [-0.1, -0.05) is 42.5 Å². The van der Waals surface area contributed by atoms with Crippen LogP contribution >= 0.6 is 0 Å². The quantitative estimate of drug-likeness (QED) is 0.828. The molecule has 122 valence electrons. The van der Waals surface area contributed by atoms with Crippen molar-refractivity contribution in [2.45, 2.75) is 12.5 Å². The molecule has 0 saturated heterocycles. The smallest absolute Gasteiger partial charge is 0.319 e. The van der Waals surface area contributed by atoms with Crippen LogP contribution in [0.4, 0.5) is 10.5 Å². The van der Waals surface area contributed by atoms with Crippen LogP contribution in [0.15, 0.2) is 54.6 Å². The summed E-state index contributed by atoms with van der Waals surface area (Å²) in [6.45, 7) is 0. The Balaban J connectivity index is 2.12. The molecule has 2 aromatic carbocycles. The zero-order valence-corrected chi connectivity index (χ0v) is 13.2. The summed E-state index contributed by atoms with van der Waals surface area (Å²) in [6, 6.07) is 16.8. The Kier molecular flexibility index (Phi) is 5.92. The number of ether oxygens (including phenoxy) is 1. The Labute approximate surface area is 140 Å². The number of carbonyl (C=O) groups excluding carboxylic acids is 2. The van der Waals surface area contributed by atoms with E-state index in [1.165, 1.54) is 7.11 Å². The van der Waals surface area contributed by atoms with E-state index >= 15 is 0 Å². The fourth-order valence-electron chi connectivity index (χ4n) is 2.19. The lowest BCUT2D eigenvalue weighted by atomic mass is 10.0. The summed E-state index contributed by atoms with van der Waals surface area (Å²) in [6.07, 6.45) is 0.00777. The lowest BCUT2D eigenvalue weighted by Crippen LogP contribution is -2.34. The van der Waals surface area contributed by atoms with Crippen molar-refractivity contribution in [1.82, 2.24) is 5.32 Å². The summed E-state index contributed by atoms with van der Waals surface area (Å²) in [5.74, 6) is -0.429. The van der Waals surface area contributed by atoms with E-state index < -0.39 is 18.0 Å².